The van der Waals surface area contributed by atoms with Crippen LogP contribution in [0.4, 0.5) is 0 Å². The van der Waals surface area contributed by atoms with Gasteiger partial charge in [0.05, 0.1) is 11.5 Å². The lowest BCUT2D eigenvalue weighted by atomic mass is 10.1. The second-order valence-corrected chi connectivity index (χ2v) is 9.11. The molecule has 4 nitrogen and oxygen atoms in total. The Balaban J connectivity index is 1.80. The summed E-state index contributed by atoms with van der Waals surface area (Å²) in [7, 11) is 1.63. The monoisotopic (exact) mass is 512 g/mol. The van der Waals surface area contributed by atoms with E-state index in [9.17, 15) is 9.59 Å². The van der Waals surface area contributed by atoms with Crippen molar-refractivity contribution >= 4 is 63.2 Å². The average molecular weight is 513 g/mol. The van der Waals surface area contributed by atoms with Gasteiger partial charge in [-0.1, -0.05) is 70.6 Å². The molecule has 0 aliphatic rings. The Morgan fingerprint density at radius 3 is 2.48 bits per heavy atom. The van der Waals surface area contributed by atoms with Gasteiger partial charge in [-0.3, -0.25) is 4.79 Å². The molecular weight excluding hydrogens is 492 g/mol. The van der Waals surface area contributed by atoms with E-state index >= 15 is 0 Å². The highest BCUT2D eigenvalue weighted by atomic mass is 79.9. The summed E-state index contributed by atoms with van der Waals surface area (Å²) in [6, 6.07) is 21.1. The maximum absolute atomic E-state index is 13.1. The summed E-state index contributed by atoms with van der Waals surface area (Å²) in [5.41, 5.74) is 3.71. The third-order valence-electron chi connectivity index (χ3n) is 4.75. The molecule has 1 aromatic heterocycles. The number of thiophene rings is 1. The average Bonchev–Trinajstić information content (AvgIpc) is 3.26. The van der Waals surface area contributed by atoms with Crippen LogP contribution in [0.25, 0.3) is 16.5 Å². The number of hydrogen-bond acceptors (Lipinski definition) is 4. The van der Waals surface area contributed by atoms with Crippen molar-refractivity contribution < 1.29 is 9.59 Å². The molecule has 2 aromatic carbocycles. The predicted octanol–water partition coefficient (Wildman–Crippen LogP) is 5.33. The Labute approximate surface area is 199 Å². The Hall–Kier alpha value is -2.61. The number of hydrogen-bond donors (Lipinski definition) is 1. The van der Waals surface area contributed by atoms with Crippen molar-refractivity contribution in [3.05, 3.63) is 87.3 Å². The smallest absolute Gasteiger partial charge is 0.270 e. The third-order valence-corrected chi connectivity index (χ3v) is 6.48. The van der Waals surface area contributed by atoms with E-state index < -0.39 is 6.04 Å². The lowest BCUT2D eigenvalue weighted by molar-refractivity contribution is -0.131. The minimum Gasteiger partial charge on any atom is -0.348 e. The number of halogens is 1. The number of carbonyl (C=O) groups excluding carboxylic acids is 2. The zero-order valence-corrected chi connectivity index (χ0v) is 20.0. The van der Waals surface area contributed by atoms with Crippen LogP contribution in [0.2, 0.25) is 0 Å². The molecule has 158 valence electrons. The molecule has 1 amide bonds. The van der Waals surface area contributed by atoms with Gasteiger partial charge in [0.1, 0.15) is 12.0 Å². The number of benzene rings is 2. The number of aldehydes is 1. The summed E-state index contributed by atoms with van der Waals surface area (Å²) in [4.78, 5) is 28.3. The molecule has 0 radical (unpaired) electrons. The first kappa shape index (κ1) is 23.1. The minimum absolute atomic E-state index is 0.298. The van der Waals surface area contributed by atoms with Crippen LogP contribution in [-0.2, 0) is 16.0 Å². The van der Waals surface area contributed by atoms with Crippen LogP contribution in [0.3, 0.4) is 0 Å². The van der Waals surface area contributed by atoms with Crippen LogP contribution < -0.4 is 5.32 Å². The van der Waals surface area contributed by atoms with Crippen LogP contribution >= 0.6 is 39.5 Å². The maximum Gasteiger partial charge on any atom is 0.270 e. The summed E-state index contributed by atoms with van der Waals surface area (Å²) in [5.74, 6) is -0.298. The van der Waals surface area contributed by atoms with Crippen LogP contribution in [0, 0.1) is 0 Å². The van der Waals surface area contributed by atoms with Crippen molar-refractivity contribution in [3.8, 4) is 10.4 Å². The van der Waals surface area contributed by atoms with Crippen molar-refractivity contribution in [2.75, 3.05) is 7.05 Å². The summed E-state index contributed by atoms with van der Waals surface area (Å²) in [6.07, 6.45) is 3.01. The van der Waals surface area contributed by atoms with Gasteiger partial charge < -0.3 is 15.0 Å². The molecule has 1 unspecified atom stereocenters. The van der Waals surface area contributed by atoms with Crippen molar-refractivity contribution in [2.45, 2.75) is 12.5 Å². The van der Waals surface area contributed by atoms with E-state index in [4.69, 9.17) is 12.2 Å². The van der Waals surface area contributed by atoms with Gasteiger partial charge in [0, 0.05) is 21.3 Å². The van der Waals surface area contributed by atoms with Crippen LogP contribution in [0.5, 0.6) is 0 Å². The fourth-order valence-electron chi connectivity index (χ4n) is 3.04. The van der Waals surface area contributed by atoms with E-state index in [1.54, 1.807) is 24.5 Å². The van der Waals surface area contributed by atoms with Gasteiger partial charge in [0.15, 0.2) is 0 Å². The van der Waals surface area contributed by atoms with Gasteiger partial charge in [-0.25, -0.2) is 0 Å². The molecule has 31 heavy (non-hydrogen) atoms. The fraction of sp³-hybridized carbons (Fsp3) is 0.125. The third kappa shape index (κ3) is 6.19. The number of amides is 1. The maximum atomic E-state index is 13.1. The van der Waals surface area contributed by atoms with E-state index in [0.29, 0.717) is 12.1 Å². The number of nitrogens with one attached hydrogen (secondary N) is 1. The van der Waals surface area contributed by atoms with Gasteiger partial charge in [-0.2, -0.15) is 0 Å². The molecule has 1 heterocycles. The molecule has 3 aromatic rings. The van der Waals surface area contributed by atoms with Gasteiger partial charge in [-0.15, -0.1) is 11.3 Å². The second-order valence-electron chi connectivity index (χ2n) is 6.84. The Bertz CT molecular complexity index is 1080. The second kappa shape index (κ2) is 11.1. The number of nitrogens with zero attached hydrogens (tertiary/aromatic N) is 1. The van der Waals surface area contributed by atoms with Crippen molar-refractivity contribution in [1.82, 2.24) is 10.2 Å². The molecule has 3 rings (SSSR count). The topological polar surface area (TPSA) is 49.4 Å². The summed E-state index contributed by atoms with van der Waals surface area (Å²) in [6.45, 7) is 0. The molecule has 0 aliphatic heterocycles. The fourth-order valence-corrected chi connectivity index (χ4v) is 4.39. The van der Waals surface area contributed by atoms with Gasteiger partial charge in [0.2, 0.25) is 0 Å². The zero-order valence-electron chi connectivity index (χ0n) is 16.8. The Morgan fingerprint density at radius 2 is 1.84 bits per heavy atom. The molecule has 0 bridgehead atoms. The molecule has 1 N–H and O–H groups in total. The summed E-state index contributed by atoms with van der Waals surface area (Å²) < 4.78 is 1.02. The van der Waals surface area contributed by atoms with E-state index in [0.717, 1.165) is 31.6 Å². The van der Waals surface area contributed by atoms with E-state index in [1.165, 1.54) is 10.4 Å². The SMILES string of the molecule is CN(C(=O)/C(=C\c1ccc(-c2ccc(Br)cc2)s1)NC=S)C(C=O)Cc1ccccc1. The molecule has 1 atom stereocenters. The van der Waals surface area contributed by atoms with Crippen LogP contribution in [-0.4, -0.2) is 35.7 Å². The molecular formula is C24H21BrN2O2S2. The minimum atomic E-state index is -0.577. The van der Waals surface area contributed by atoms with E-state index in [2.05, 4.69) is 21.2 Å². The number of likely N-dealkylation sites (N-methyl/N-ethyl adjacent to an activating group) is 1. The predicted molar refractivity (Wildman–Crippen MR) is 135 cm³/mol. The molecule has 0 aliphatic carbocycles. The summed E-state index contributed by atoms with van der Waals surface area (Å²) >= 11 is 9.94. The van der Waals surface area contributed by atoms with Crippen molar-refractivity contribution in [1.29, 1.82) is 0 Å². The lowest BCUT2D eigenvalue weighted by Gasteiger charge is -2.25. The van der Waals surface area contributed by atoms with E-state index in [1.807, 2.05) is 66.7 Å². The quantitative estimate of drug-likeness (QED) is 0.239. The van der Waals surface area contributed by atoms with Crippen LogP contribution in [0.15, 0.2) is 76.9 Å². The highest BCUT2D eigenvalue weighted by molar-refractivity contribution is 9.10. The number of thiocarbonyl (C=S) groups is 1. The Kier molecular flexibility index (Phi) is 8.28. The van der Waals surface area contributed by atoms with Gasteiger partial charge in [-0.05, 0) is 47.9 Å². The standard InChI is InChI=1S/C24H21BrN2O2S2/c1-27(20(15-28)13-17-5-3-2-4-6-17)24(29)22(26-16-30)14-21-11-12-23(31-21)18-7-9-19(25)10-8-18/h2-12,14-16,20H,13H2,1H3,(H,26,30)/b22-14+. The normalized spacial score (nSPS) is 12.1. The lowest BCUT2D eigenvalue weighted by Crippen LogP contribution is -2.42. The van der Waals surface area contributed by atoms with Crippen LogP contribution in [0.1, 0.15) is 10.4 Å². The van der Waals surface area contributed by atoms with E-state index in [-0.39, 0.29) is 5.91 Å². The molecule has 0 saturated heterocycles. The van der Waals surface area contributed by atoms with Gasteiger partial charge >= 0.3 is 0 Å². The number of carbonyl (C=O) groups is 2. The molecule has 7 heteroatoms. The highest BCUT2D eigenvalue weighted by Gasteiger charge is 2.23. The number of rotatable bonds is 9. The van der Waals surface area contributed by atoms with Crippen molar-refractivity contribution in [3.63, 3.8) is 0 Å². The molecule has 0 spiro atoms. The summed E-state index contributed by atoms with van der Waals surface area (Å²) in [5, 5.41) is 2.86. The van der Waals surface area contributed by atoms with Crippen molar-refractivity contribution in [2.24, 2.45) is 0 Å². The first-order valence-corrected chi connectivity index (χ1v) is 11.6. The zero-order chi connectivity index (χ0) is 22.2. The largest absolute Gasteiger partial charge is 0.348 e. The molecule has 0 saturated carbocycles. The van der Waals surface area contributed by atoms with Gasteiger partial charge in [0.25, 0.3) is 5.91 Å². The molecule has 0 fully saturated rings. The first-order chi connectivity index (χ1) is 15.0. The highest BCUT2D eigenvalue weighted by Crippen LogP contribution is 2.30. The first-order valence-electron chi connectivity index (χ1n) is 9.56. The Morgan fingerprint density at radius 1 is 1.13 bits per heavy atom.